The maximum Gasteiger partial charge on any atom is 0.306 e. The van der Waals surface area contributed by atoms with Crippen LogP contribution in [0.25, 0.3) is 0 Å². The van der Waals surface area contributed by atoms with Crippen LogP contribution in [0, 0.1) is 0 Å². The normalized spacial score (nSPS) is 18.2. The number of thioether (sulfide) groups is 1. The van der Waals surface area contributed by atoms with Crippen LogP contribution >= 0.6 is 23.4 Å². The summed E-state index contributed by atoms with van der Waals surface area (Å²) in [6.07, 6.45) is -0.0461. The zero-order valence-corrected chi connectivity index (χ0v) is 13.6. The summed E-state index contributed by atoms with van der Waals surface area (Å²) >= 11 is 7.43. The molecule has 0 aromatic heterocycles. The number of carbonyl (C=O) groups excluding carboxylic acids is 1. The van der Waals surface area contributed by atoms with Crippen molar-refractivity contribution >= 4 is 35.2 Å². The molecule has 1 atom stereocenters. The number of carboxylic acid groups (broad SMARTS) is 1. The lowest BCUT2D eigenvalue weighted by atomic mass is 10.2. The fraction of sp³-hybridized carbons (Fsp3) is 0.467. The maximum absolute atomic E-state index is 12.2. The van der Waals surface area contributed by atoms with Gasteiger partial charge in [0.15, 0.2) is 0 Å². The van der Waals surface area contributed by atoms with E-state index in [-0.39, 0.29) is 12.3 Å². The first-order valence-corrected chi connectivity index (χ1v) is 8.40. The van der Waals surface area contributed by atoms with E-state index in [0.29, 0.717) is 36.9 Å². The lowest BCUT2D eigenvalue weighted by Crippen LogP contribution is -2.46. The van der Waals surface area contributed by atoms with Gasteiger partial charge in [-0.05, 0) is 24.3 Å². The number of hydrogen-bond donors (Lipinski definition) is 1. The average molecular weight is 344 g/mol. The number of ether oxygens (including phenoxy) is 1. The summed E-state index contributed by atoms with van der Waals surface area (Å²) in [5, 5.41) is 9.47. The fourth-order valence-corrected chi connectivity index (χ4v) is 3.18. The van der Waals surface area contributed by atoms with Crippen LogP contribution in [0.2, 0.25) is 5.02 Å². The summed E-state index contributed by atoms with van der Waals surface area (Å²) in [5.41, 5.74) is 0. The minimum Gasteiger partial charge on any atom is -0.481 e. The third kappa shape index (κ3) is 5.51. The third-order valence-corrected chi connectivity index (χ3v) is 4.56. The second-order valence-corrected chi connectivity index (χ2v) is 6.59. The van der Waals surface area contributed by atoms with Gasteiger partial charge in [-0.1, -0.05) is 11.6 Å². The van der Waals surface area contributed by atoms with Crippen LogP contribution in [-0.2, 0) is 14.3 Å². The van der Waals surface area contributed by atoms with Crippen molar-refractivity contribution in [2.24, 2.45) is 0 Å². The minimum absolute atomic E-state index is 0.0418. The monoisotopic (exact) mass is 343 g/mol. The van der Waals surface area contributed by atoms with Crippen molar-refractivity contribution in [3.63, 3.8) is 0 Å². The molecule has 1 saturated heterocycles. The van der Waals surface area contributed by atoms with E-state index in [9.17, 15) is 9.59 Å². The summed E-state index contributed by atoms with van der Waals surface area (Å²) in [5.74, 6) is -0.181. The summed E-state index contributed by atoms with van der Waals surface area (Å²) in [4.78, 5) is 25.6. The average Bonchev–Trinajstić information content (AvgIpc) is 2.49. The van der Waals surface area contributed by atoms with Crippen molar-refractivity contribution in [3.05, 3.63) is 29.3 Å². The van der Waals surface area contributed by atoms with Crippen LogP contribution < -0.4 is 0 Å². The van der Waals surface area contributed by atoms with Gasteiger partial charge >= 0.3 is 5.97 Å². The van der Waals surface area contributed by atoms with Crippen LogP contribution in [0.3, 0.4) is 0 Å². The number of benzene rings is 1. The molecule has 7 heteroatoms. The van der Waals surface area contributed by atoms with Gasteiger partial charge in [0, 0.05) is 35.2 Å². The lowest BCUT2D eigenvalue weighted by Gasteiger charge is -2.32. The molecule has 1 aromatic carbocycles. The highest BCUT2D eigenvalue weighted by Crippen LogP contribution is 2.21. The molecule has 2 rings (SSSR count). The van der Waals surface area contributed by atoms with Crippen LogP contribution in [0.5, 0.6) is 0 Å². The molecule has 1 N–H and O–H groups in total. The SMILES string of the molecule is O=C(O)CC1CN(C(=O)CCSc2ccc(Cl)cc2)CCO1. The highest BCUT2D eigenvalue weighted by molar-refractivity contribution is 7.99. The van der Waals surface area contributed by atoms with Gasteiger partial charge < -0.3 is 14.7 Å². The molecule has 1 fully saturated rings. The number of hydrogen-bond acceptors (Lipinski definition) is 4. The Morgan fingerprint density at radius 2 is 2.09 bits per heavy atom. The van der Waals surface area contributed by atoms with Crippen LogP contribution in [0.1, 0.15) is 12.8 Å². The standard InChI is InChI=1S/C15H18ClNO4S/c16-11-1-3-13(4-2-11)22-8-5-14(18)17-6-7-21-12(10-17)9-15(19)20/h1-4,12H,5-10H2,(H,19,20). The van der Waals surface area contributed by atoms with Gasteiger partial charge in [0.25, 0.3) is 0 Å². The predicted octanol–water partition coefficient (Wildman–Crippen LogP) is 2.52. The number of rotatable bonds is 6. The predicted molar refractivity (Wildman–Crippen MR) is 85.4 cm³/mol. The molecule has 1 unspecified atom stereocenters. The quantitative estimate of drug-likeness (QED) is 0.804. The largest absolute Gasteiger partial charge is 0.481 e. The van der Waals surface area contributed by atoms with Gasteiger partial charge in [-0.15, -0.1) is 11.8 Å². The molecule has 0 saturated carbocycles. The smallest absolute Gasteiger partial charge is 0.306 e. The first-order valence-electron chi connectivity index (χ1n) is 7.04. The Morgan fingerprint density at radius 1 is 1.36 bits per heavy atom. The van der Waals surface area contributed by atoms with Crippen LogP contribution in [-0.4, -0.2) is 53.4 Å². The number of aliphatic carboxylic acids is 1. The summed E-state index contributed by atoms with van der Waals surface area (Å²) < 4.78 is 5.36. The molecule has 1 aliphatic heterocycles. The lowest BCUT2D eigenvalue weighted by molar-refractivity contribution is -0.147. The second-order valence-electron chi connectivity index (χ2n) is 4.98. The second kappa shape index (κ2) is 8.41. The van der Waals surface area contributed by atoms with E-state index in [4.69, 9.17) is 21.4 Å². The fourth-order valence-electron chi connectivity index (χ4n) is 2.21. The van der Waals surface area contributed by atoms with E-state index in [2.05, 4.69) is 0 Å². The Labute approximate surface area is 138 Å². The molecule has 22 heavy (non-hydrogen) atoms. The highest BCUT2D eigenvalue weighted by Gasteiger charge is 2.25. The Hall–Kier alpha value is -1.24. The Kier molecular flexibility index (Phi) is 6.54. The minimum atomic E-state index is -0.905. The van der Waals surface area contributed by atoms with Gasteiger partial charge in [0.1, 0.15) is 0 Å². The molecule has 1 heterocycles. The molecule has 0 aliphatic carbocycles. The molecular weight excluding hydrogens is 326 g/mol. The van der Waals surface area contributed by atoms with Crippen molar-refractivity contribution in [1.82, 2.24) is 4.90 Å². The molecule has 1 aliphatic rings. The maximum atomic E-state index is 12.2. The Bertz CT molecular complexity index is 523. The van der Waals surface area contributed by atoms with Gasteiger partial charge in [-0.25, -0.2) is 0 Å². The van der Waals surface area contributed by atoms with Gasteiger partial charge in [0.2, 0.25) is 5.91 Å². The van der Waals surface area contributed by atoms with E-state index in [1.165, 1.54) is 0 Å². The van der Waals surface area contributed by atoms with E-state index >= 15 is 0 Å². The molecular formula is C15H18ClNO4S. The topological polar surface area (TPSA) is 66.8 Å². The van der Waals surface area contributed by atoms with Crippen molar-refractivity contribution in [3.8, 4) is 0 Å². The zero-order chi connectivity index (χ0) is 15.9. The van der Waals surface area contributed by atoms with Crippen LogP contribution in [0.4, 0.5) is 0 Å². The van der Waals surface area contributed by atoms with Gasteiger partial charge in [-0.2, -0.15) is 0 Å². The summed E-state index contributed by atoms with van der Waals surface area (Å²) in [7, 11) is 0. The van der Waals surface area contributed by atoms with Gasteiger partial charge in [0.05, 0.1) is 19.1 Å². The molecule has 0 spiro atoms. The summed E-state index contributed by atoms with van der Waals surface area (Å²) in [6, 6.07) is 7.50. The number of nitrogens with zero attached hydrogens (tertiary/aromatic N) is 1. The summed E-state index contributed by atoms with van der Waals surface area (Å²) in [6.45, 7) is 1.28. The Morgan fingerprint density at radius 3 is 2.77 bits per heavy atom. The van der Waals surface area contributed by atoms with E-state index in [1.54, 1.807) is 16.7 Å². The zero-order valence-electron chi connectivity index (χ0n) is 12.0. The number of morpholine rings is 1. The molecule has 120 valence electrons. The molecule has 1 aromatic rings. The molecule has 0 radical (unpaired) electrons. The molecule has 5 nitrogen and oxygen atoms in total. The Balaban J connectivity index is 1.74. The third-order valence-electron chi connectivity index (χ3n) is 3.29. The first-order chi connectivity index (χ1) is 10.5. The number of carbonyl (C=O) groups is 2. The van der Waals surface area contributed by atoms with Crippen molar-refractivity contribution in [2.45, 2.75) is 23.8 Å². The number of halogens is 1. The van der Waals surface area contributed by atoms with Gasteiger partial charge in [-0.3, -0.25) is 9.59 Å². The highest BCUT2D eigenvalue weighted by atomic mass is 35.5. The number of carboxylic acids is 1. The molecule has 1 amide bonds. The van der Waals surface area contributed by atoms with Crippen molar-refractivity contribution in [2.75, 3.05) is 25.4 Å². The van der Waals surface area contributed by atoms with E-state index < -0.39 is 12.1 Å². The van der Waals surface area contributed by atoms with Crippen LogP contribution in [0.15, 0.2) is 29.2 Å². The van der Waals surface area contributed by atoms with Crippen molar-refractivity contribution < 1.29 is 19.4 Å². The van der Waals surface area contributed by atoms with E-state index in [0.717, 1.165) is 4.90 Å². The van der Waals surface area contributed by atoms with E-state index in [1.807, 2.05) is 24.3 Å². The first kappa shape index (κ1) is 17.1. The van der Waals surface area contributed by atoms with Crippen molar-refractivity contribution in [1.29, 1.82) is 0 Å². The molecule has 0 bridgehead atoms. The number of amides is 1.